The van der Waals surface area contributed by atoms with Crippen LogP contribution in [0.2, 0.25) is 0 Å². The summed E-state index contributed by atoms with van der Waals surface area (Å²) in [7, 11) is 1.85. The Kier molecular flexibility index (Phi) is 4.48. The molecule has 0 aliphatic carbocycles. The van der Waals surface area contributed by atoms with E-state index in [0.717, 1.165) is 43.3 Å². The third kappa shape index (κ3) is 3.17. The number of rotatable bonds is 4. The minimum Gasteiger partial charge on any atom is -0.388 e. The number of pyridine rings is 1. The second kappa shape index (κ2) is 6.70. The van der Waals surface area contributed by atoms with Gasteiger partial charge in [-0.05, 0) is 36.5 Å². The molecule has 2 aromatic heterocycles. The second-order valence-corrected chi connectivity index (χ2v) is 5.55. The lowest BCUT2D eigenvalue weighted by Gasteiger charge is -2.34. The summed E-state index contributed by atoms with van der Waals surface area (Å²) in [6.45, 7) is 1.71. The first kappa shape index (κ1) is 14.7. The van der Waals surface area contributed by atoms with E-state index in [1.54, 1.807) is 18.6 Å². The van der Waals surface area contributed by atoms with Crippen LogP contribution in [0.3, 0.4) is 0 Å². The minimum absolute atomic E-state index is 0.257. The Morgan fingerprint density at radius 1 is 1.27 bits per heavy atom. The molecule has 0 unspecified atom stereocenters. The fraction of sp³-hybridized carbons (Fsp3) is 0.438. The molecule has 3 heterocycles. The molecule has 6 heteroatoms. The number of aliphatic hydroxyl groups is 1. The molecular formula is C16H21N5O. The number of anilines is 2. The van der Waals surface area contributed by atoms with Crippen LogP contribution in [0, 0.1) is 5.92 Å². The van der Waals surface area contributed by atoms with Gasteiger partial charge in [0.05, 0.1) is 6.10 Å². The number of nitrogens with zero attached hydrogens (tertiary/aromatic N) is 4. The maximum Gasteiger partial charge on any atom is 0.227 e. The Hall–Kier alpha value is -2.21. The summed E-state index contributed by atoms with van der Waals surface area (Å²) < 4.78 is 0. The Labute approximate surface area is 130 Å². The molecular weight excluding hydrogens is 278 g/mol. The van der Waals surface area contributed by atoms with E-state index in [2.05, 4.69) is 25.2 Å². The summed E-state index contributed by atoms with van der Waals surface area (Å²) in [4.78, 5) is 15.1. The zero-order valence-electron chi connectivity index (χ0n) is 12.7. The van der Waals surface area contributed by atoms with Crippen molar-refractivity contribution >= 4 is 11.8 Å². The molecule has 116 valence electrons. The number of nitrogens with one attached hydrogen (secondary N) is 1. The number of aromatic nitrogens is 3. The van der Waals surface area contributed by atoms with Gasteiger partial charge < -0.3 is 15.3 Å². The van der Waals surface area contributed by atoms with Gasteiger partial charge in [0.25, 0.3) is 0 Å². The molecule has 1 aliphatic heterocycles. The van der Waals surface area contributed by atoms with E-state index in [-0.39, 0.29) is 5.92 Å². The van der Waals surface area contributed by atoms with Crippen LogP contribution in [0.15, 0.2) is 36.8 Å². The van der Waals surface area contributed by atoms with Gasteiger partial charge in [-0.3, -0.25) is 4.98 Å². The molecule has 0 amide bonds. The predicted molar refractivity (Wildman–Crippen MR) is 85.7 cm³/mol. The SMILES string of the molecule is CNc1ccnc(N2CCC([C@@H](O)c3cccnc3)CC2)n1. The molecule has 3 rings (SSSR count). The van der Waals surface area contributed by atoms with E-state index >= 15 is 0 Å². The van der Waals surface area contributed by atoms with Gasteiger partial charge in [-0.25, -0.2) is 4.98 Å². The summed E-state index contributed by atoms with van der Waals surface area (Å²) in [6, 6.07) is 5.65. The maximum atomic E-state index is 10.5. The highest BCUT2D eigenvalue weighted by atomic mass is 16.3. The van der Waals surface area contributed by atoms with Crippen molar-refractivity contribution < 1.29 is 5.11 Å². The number of hydrogen-bond acceptors (Lipinski definition) is 6. The van der Waals surface area contributed by atoms with Crippen molar-refractivity contribution in [3.63, 3.8) is 0 Å². The molecule has 22 heavy (non-hydrogen) atoms. The molecule has 2 N–H and O–H groups in total. The average Bonchev–Trinajstić information content (AvgIpc) is 2.62. The Morgan fingerprint density at radius 2 is 2.09 bits per heavy atom. The highest BCUT2D eigenvalue weighted by Gasteiger charge is 2.27. The summed E-state index contributed by atoms with van der Waals surface area (Å²) in [5.41, 5.74) is 0.898. The Bertz CT molecular complexity index is 598. The first-order valence-electron chi connectivity index (χ1n) is 7.61. The third-order valence-electron chi connectivity index (χ3n) is 4.19. The normalized spacial score (nSPS) is 17.3. The smallest absolute Gasteiger partial charge is 0.227 e. The fourth-order valence-corrected chi connectivity index (χ4v) is 2.88. The molecule has 0 spiro atoms. The molecule has 1 atom stereocenters. The average molecular weight is 299 g/mol. The highest BCUT2D eigenvalue weighted by molar-refractivity contribution is 5.41. The van der Waals surface area contributed by atoms with Gasteiger partial charge in [-0.2, -0.15) is 4.98 Å². The first-order valence-corrected chi connectivity index (χ1v) is 7.61. The van der Waals surface area contributed by atoms with Crippen molar-refractivity contribution in [2.45, 2.75) is 18.9 Å². The monoisotopic (exact) mass is 299 g/mol. The van der Waals surface area contributed by atoms with E-state index in [9.17, 15) is 5.11 Å². The van der Waals surface area contributed by atoms with Gasteiger partial charge >= 0.3 is 0 Å². The van der Waals surface area contributed by atoms with Crippen LogP contribution in [0.1, 0.15) is 24.5 Å². The van der Waals surface area contributed by atoms with E-state index in [1.165, 1.54) is 0 Å². The number of aliphatic hydroxyl groups excluding tert-OH is 1. The molecule has 1 aliphatic rings. The standard InChI is InChI=1S/C16H21N5O/c1-17-14-4-8-19-16(20-14)21-9-5-12(6-10-21)15(22)13-3-2-7-18-11-13/h2-4,7-8,11-12,15,22H,5-6,9-10H2,1H3,(H,17,19,20)/t15-/m1/s1. The van der Waals surface area contributed by atoms with Gasteiger partial charge in [0.1, 0.15) is 5.82 Å². The van der Waals surface area contributed by atoms with Crippen LogP contribution in [0.4, 0.5) is 11.8 Å². The van der Waals surface area contributed by atoms with Crippen LogP contribution in [0.25, 0.3) is 0 Å². The van der Waals surface area contributed by atoms with Crippen molar-refractivity contribution in [3.8, 4) is 0 Å². The van der Waals surface area contributed by atoms with E-state index in [1.807, 2.05) is 25.2 Å². The zero-order chi connectivity index (χ0) is 15.4. The van der Waals surface area contributed by atoms with Crippen LogP contribution in [0.5, 0.6) is 0 Å². The summed E-state index contributed by atoms with van der Waals surface area (Å²) >= 11 is 0. The lowest BCUT2D eigenvalue weighted by Crippen LogP contribution is -2.36. The summed E-state index contributed by atoms with van der Waals surface area (Å²) in [5.74, 6) is 1.83. The van der Waals surface area contributed by atoms with Crippen LogP contribution >= 0.6 is 0 Å². The largest absolute Gasteiger partial charge is 0.388 e. The number of piperidine rings is 1. The van der Waals surface area contributed by atoms with Crippen molar-refractivity contribution in [1.82, 2.24) is 15.0 Å². The minimum atomic E-state index is -0.444. The van der Waals surface area contributed by atoms with Crippen molar-refractivity contribution in [1.29, 1.82) is 0 Å². The second-order valence-electron chi connectivity index (χ2n) is 5.55. The quantitative estimate of drug-likeness (QED) is 0.897. The predicted octanol–water partition coefficient (Wildman–Crippen LogP) is 1.86. The molecule has 0 saturated carbocycles. The molecule has 0 aromatic carbocycles. The molecule has 0 radical (unpaired) electrons. The van der Waals surface area contributed by atoms with E-state index in [0.29, 0.717) is 0 Å². The lowest BCUT2D eigenvalue weighted by atomic mass is 9.88. The molecule has 1 fully saturated rings. The van der Waals surface area contributed by atoms with Crippen LogP contribution in [-0.4, -0.2) is 40.2 Å². The summed E-state index contributed by atoms with van der Waals surface area (Å²) in [5, 5.41) is 13.5. The molecule has 2 aromatic rings. The van der Waals surface area contributed by atoms with Crippen LogP contribution in [-0.2, 0) is 0 Å². The number of hydrogen-bond donors (Lipinski definition) is 2. The van der Waals surface area contributed by atoms with E-state index in [4.69, 9.17) is 0 Å². The van der Waals surface area contributed by atoms with Gasteiger partial charge in [-0.15, -0.1) is 0 Å². The van der Waals surface area contributed by atoms with Crippen molar-refractivity contribution in [2.75, 3.05) is 30.4 Å². The maximum absolute atomic E-state index is 10.5. The van der Waals surface area contributed by atoms with Crippen LogP contribution < -0.4 is 10.2 Å². The van der Waals surface area contributed by atoms with Crippen molar-refractivity contribution in [2.24, 2.45) is 5.92 Å². The third-order valence-corrected chi connectivity index (χ3v) is 4.19. The van der Waals surface area contributed by atoms with E-state index < -0.39 is 6.10 Å². The molecule has 6 nitrogen and oxygen atoms in total. The molecule has 0 bridgehead atoms. The Morgan fingerprint density at radius 3 is 2.77 bits per heavy atom. The van der Waals surface area contributed by atoms with Gasteiger partial charge in [0, 0.05) is 38.7 Å². The Balaban J connectivity index is 1.62. The van der Waals surface area contributed by atoms with Gasteiger partial charge in [0.15, 0.2) is 0 Å². The molecule has 1 saturated heterocycles. The summed E-state index contributed by atoms with van der Waals surface area (Å²) in [6.07, 6.45) is 6.64. The lowest BCUT2D eigenvalue weighted by molar-refractivity contribution is 0.0924. The fourth-order valence-electron chi connectivity index (χ4n) is 2.88. The van der Waals surface area contributed by atoms with Crippen molar-refractivity contribution in [3.05, 3.63) is 42.4 Å². The zero-order valence-corrected chi connectivity index (χ0v) is 12.7. The van der Waals surface area contributed by atoms with Gasteiger partial charge in [-0.1, -0.05) is 6.07 Å². The topological polar surface area (TPSA) is 74.2 Å². The first-order chi connectivity index (χ1) is 10.8. The van der Waals surface area contributed by atoms with Gasteiger partial charge in [0.2, 0.25) is 5.95 Å². The highest BCUT2D eigenvalue weighted by Crippen LogP contribution is 2.31.